The molecule has 0 aliphatic rings. The number of amides is 2. The fourth-order valence-electron chi connectivity index (χ4n) is 3.13. The van der Waals surface area contributed by atoms with Gasteiger partial charge in [-0.15, -0.1) is 0 Å². The van der Waals surface area contributed by atoms with E-state index >= 15 is 0 Å². The van der Waals surface area contributed by atoms with Crippen LogP contribution in [-0.4, -0.2) is 50.0 Å². The summed E-state index contributed by atoms with van der Waals surface area (Å²) in [4.78, 5) is 27.5. The van der Waals surface area contributed by atoms with Crippen LogP contribution < -0.4 is 9.62 Å². The average Bonchev–Trinajstić information content (AvgIpc) is 2.74. The van der Waals surface area contributed by atoms with Crippen LogP contribution in [-0.2, 0) is 26.2 Å². The van der Waals surface area contributed by atoms with E-state index in [1.54, 1.807) is 6.92 Å². The Kier molecular flexibility index (Phi) is 9.42. The number of carbonyl (C=O) groups excluding carboxylic acids is 2. The largest absolute Gasteiger partial charge is 0.352 e. The Hall–Kier alpha value is -2.46. The van der Waals surface area contributed by atoms with Crippen LogP contribution in [0.4, 0.5) is 10.1 Å². The van der Waals surface area contributed by atoms with Crippen LogP contribution in [0.25, 0.3) is 0 Å². The van der Waals surface area contributed by atoms with Gasteiger partial charge in [0.15, 0.2) is 0 Å². The first-order valence-corrected chi connectivity index (χ1v) is 13.1. The Morgan fingerprint density at radius 2 is 1.79 bits per heavy atom. The summed E-state index contributed by atoms with van der Waals surface area (Å²) in [6.45, 7) is 4.91. The molecule has 0 spiro atoms. The molecule has 33 heavy (non-hydrogen) atoms. The molecule has 7 nitrogen and oxygen atoms in total. The summed E-state index contributed by atoms with van der Waals surface area (Å²) in [6, 6.07) is 11.3. The zero-order chi connectivity index (χ0) is 24.8. The molecule has 1 N–H and O–H groups in total. The van der Waals surface area contributed by atoms with Crippen LogP contribution in [0.5, 0.6) is 0 Å². The summed E-state index contributed by atoms with van der Waals surface area (Å²) in [6.07, 6.45) is 1.67. The number of halogens is 2. The number of hydrogen-bond acceptors (Lipinski definition) is 4. The van der Waals surface area contributed by atoms with Crippen molar-refractivity contribution in [2.45, 2.75) is 45.8 Å². The third-order valence-corrected chi connectivity index (χ3v) is 6.82. The zero-order valence-corrected chi connectivity index (χ0v) is 21.5. The topological polar surface area (TPSA) is 86.8 Å². The van der Waals surface area contributed by atoms with Gasteiger partial charge in [0.1, 0.15) is 18.4 Å². The highest BCUT2D eigenvalue weighted by molar-refractivity contribution is 9.10. The van der Waals surface area contributed by atoms with Gasteiger partial charge < -0.3 is 10.2 Å². The number of hydrogen-bond donors (Lipinski definition) is 1. The molecule has 0 heterocycles. The van der Waals surface area contributed by atoms with E-state index in [-0.39, 0.29) is 24.2 Å². The van der Waals surface area contributed by atoms with Gasteiger partial charge in [-0.2, -0.15) is 0 Å². The Labute approximate surface area is 203 Å². The van der Waals surface area contributed by atoms with Gasteiger partial charge in [0.25, 0.3) is 0 Å². The Bertz CT molecular complexity index is 1100. The van der Waals surface area contributed by atoms with Crippen molar-refractivity contribution in [2.75, 3.05) is 17.1 Å². The second-order valence-corrected chi connectivity index (χ2v) is 10.7. The monoisotopic (exact) mass is 541 g/mol. The second-order valence-electron chi connectivity index (χ2n) is 7.89. The average molecular weight is 542 g/mol. The first-order chi connectivity index (χ1) is 15.4. The lowest BCUT2D eigenvalue weighted by Gasteiger charge is -2.32. The molecule has 0 aliphatic carbocycles. The molecule has 0 fully saturated rings. The van der Waals surface area contributed by atoms with E-state index in [1.807, 2.05) is 38.1 Å². The zero-order valence-electron chi connectivity index (χ0n) is 19.1. The standard InChI is InChI=1S/C23H29BrFN3O4S/c1-5-16(2)26-23(30)17(3)27(14-18-8-6-9-19(24)12-18)22(29)15-28(33(4,31)32)21-11-7-10-20(25)13-21/h6-13,16-17H,5,14-15H2,1-4H3,(H,26,30)/t16-,17+/m1/s1. The molecule has 0 saturated heterocycles. The van der Waals surface area contributed by atoms with Crippen molar-refractivity contribution < 1.29 is 22.4 Å². The van der Waals surface area contributed by atoms with Crippen molar-refractivity contribution in [1.82, 2.24) is 10.2 Å². The number of rotatable bonds is 10. The SMILES string of the molecule is CC[C@@H](C)NC(=O)[C@H](C)N(Cc1cccc(Br)c1)C(=O)CN(c1cccc(F)c1)S(C)(=O)=O. The van der Waals surface area contributed by atoms with Gasteiger partial charge in [0.2, 0.25) is 21.8 Å². The van der Waals surface area contributed by atoms with Gasteiger partial charge in [-0.1, -0.05) is 41.1 Å². The molecule has 2 aromatic rings. The first-order valence-electron chi connectivity index (χ1n) is 10.5. The van der Waals surface area contributed by atoms with E-state index in [9.17, 15) is 22.4 Å². The van der Waals surface area contributed by atoms with E-state index in [2.05, 4.69) is 21.2 Å². The number of nitrogens with zero attached hydrogens (tertiary/aromatic N) is 2. The van der Waals surface area contributed by atoms with Crippen LogP contribution in [0.2, 0.25) is 0 Å². The molecule has 0 radical (unpaired) electrons. The highest BCUT2D eigenvalue weighted by atomic mass is 79.9. The molecule has 0 aromatic heterocycles. The van der Waals surface area contributed by atoms with E-state index in [4.69, 9.17) is 0 Å². The molecule has 0 bridgehead atoms. The van der Waals surface area contributed by atoms with Crippen molar-refractivity contribution in [1.29, 1.82) is 0 Å². The third-order valence-electron chi connectivity index (χ3n) is 5.19. The third kappa shape index (κ3) is 7.82. The van der Waals surface area contributed by atoms with Crippen LogP contribution in [0.1, 0.15) is 32.8 Å². The van der Waals surface area contributed by atoms with Gasteiger partial charge in [-0.25, -0.2) is 12.8 Å². The molecule has 180 valence electrons. The molecule has 0 saturated carbocycles. The quantitative estimate of drug-likeness (QED) is 0.497. The molecule has 2 amide bonds. The molecule has 2 rings (SSSR count). The van der Waals surface area contributed by atoms with Crippen molar-refractivity contribution in [3.8, 4) is 0 Å². The van der Waals surface area contributed by atoms with Gasteiger partial charge in [-0.05, 0) is 56.2 Å². The maximum absolute atomic E-state index is 13.8. The smallest absolute Gasteiger partial charge is 0.244 e. The van der Waals surface area contributed by atoms with E-state index in [1.165, 1.54) is 23.1 Å². The summed E-state index contributed by atoms with van der Waals surface area (Å²) >= 11 is 3.40. The number of anilines is 1. The van der Waals surface area contributed by atoms with E-state index in [0.717, 1.165) is 33.1 Å². The minimum absolute atomic E-state index is 0.0324. The summed E-state index contributed by atoms with van der Waals surface area (Å²) in [5.41, 5.74) is 0.794. The predicted molar refractivity (Wildman–Crippen MR) is 131 cm³/mol. The molecule has 0 aliphatic heterocycles. The number of sulfonamides is 1. The summed E-state index contributed by atoms with van der Waals surface area (Å²) < 4.78 is 40.3. The Morgan fingerprint density at radius 1 is 1.12 bits per heavy atom. The van der Waals surface area contributed by atoms with Crippen molar-refractivity contribution in [3.63, 3.8) is 0 Å². The van der Waals surface area contributed by atoms with Crippen molar-refractivity contribution >= 4 is 43.5 Å². The van der Waals surface area contributed by atoms with Crippen LogP contribution >= 0.6 is 15.9 Å². The summed E-state index contributed by atoms with van der Waals surface area (Å²) in [7, 11) is -3.90. The fraction of sp³-hybridized carbons (Fsp3) is 0.391. The minimum atomic E-state index is -3.90. The van der Waals surface area contributed by atoms with Crippen LogP contribution in [0.15, 0.2) is 53.0 Å². The maximum Gasteiger partial charge on any atom is 0.244 e. The molecule has 10 heteroatoms. The lowest BCUT2D eigenvalue weighted by molar-refractivity contribution is -0.139. The predicted octanol–water partition coefficient (Wildman–Crippen LogP) is 3.69. The minimum Gasteiger partial charge on any atom is -0.352 e. The normalized spacial score (nSPS) is 13.2. The van der Waals surface area contributed by atoms with Gasteiger partial charge in [0, 0.05) is 17.1 Å². The van der Waals surface area contributed by atoms with Crippen LogP contribution in [0.3, 0.4) is 0 Å². The molecular formula is C23H29BrFN3O4S. The number of carbonyl (C=O) groups is 2. The molecule has 2 atom stereocenters. The highest BCUT2D eigenvalue weighted by Crippen LogP contribution is 2.20. The maximum atomic E-state index is 13.8. The van der Waals surface area contributed by atoms with E-state index in [0.29, 0.717) is 0 Å². The summed E-state index contributed by atoms with van der Waals surface area (Å²) in [5.74, 6) is -1.55. The Morgan fingerprint density at radius 3 is 2.36 bits per heavy atom. The summed E-state index contributed by atoms with van der Waals surface area (Å²) in [5, 5.41) is 2.86. The lowest BCUT2D eigenvalue weighted by atomic mass is 10.1. The molecule has 2 aromatic carbocycles. The van der Waals surface area contributed by atoms with Gasteiger partial charge in [0.05, 0.1) is 11.9 Å². The van der Waals surface area contributed by atoms with Crippen LogP contribution in [0, 0.1) is 5.82 Å². The highest BCUT2D eigenvalue weighted by Gasteiger charge is 2.30. The van der Waals surface area contributed by atoms with Crippen molar-refractivity contribution in [2.24, 2.45) is 0 Å². The van der Waals surface area contributed by atoms with E-state index < -0.39 is 34.3 Å². The molecule has 0 unspecified atom stereocenters. The lowest BCUT2D eigenvalue weighted by Crippen LogP contribution is -2.52. The van der Waals surface area contributed by atoms with Gasteiger partial charge in [-0.3, -0.25) is 13.9 Å². The molecular weight excluding hydrogens is 513 g/mol. The number of nitrogens with one attached hydrogen (secondary N) is 1. The van der Waals surface area contributed by atoms with Gasteiger partial charge >= 0.3 is 0 Å². The van der Waals surface area contributed by atoms with Crippen molar-refractivity contribution in [3.05, 3.63) is 64.4 Å². The fourth-order valence-corrected chi connectivity index (χ4v) is 4.41. The first kappa shape index (κ1) is 26.8. The second kappa shape index (κ2) is 11.6. The Balaban J connectivity index is 2.38. The number of benzene rings is 2.